The van der Waals surface area contributed by atoms with Crippen molar-refractivity contribution in [3.63, 3.8) is 0 Å². The number of hydrogen-bond donors (Lipinski definition) is 7. The van der Waals surface area contributed by atoms with Crippen LogP contribution in [0, 0.1) is 6.92 Å². The third-order valence-electron chi connectivity index (χ3n) is 5.77. The maximum Gasteiger partial charge on any atom is 0.186 e. The fourth-order valence-electron chi connectivity index (χ4n) is 3.87. The van der Waals surface area contributed by atoms with E-state index in [9.17, 15) is 35.7 Å². The maximum absolute atomic E-state index is 11.1. The second-order valence-corrected chi connectivity index (χ2v) is 10.4. The van der Waals surface area contributed by atoms with Gasteiger partial charge in [0.2, 0.25) is 0 Å². The summed E-state index contributed by atoms with van der Waals surface area (Å²) in [7, 11) is 0. The molecule has 0 saturated carbocycles. The Labute approximate surface area is 233 Å². The lowest BCUT2D eigenvalue weighted by atomic mass is 9.98. The molecule has 0 amide bonds. The van der Waals surface area contributed by atoms with Gasteiger partial charge in [-0.1, -0.05) is 0 Å². The first-order chi connectivity index (χ1) is 18.9. The molecule has 14 nitrogen and oxygen atoms in total. The van der Waals surface area contributed by atoms with Gasteiger partial charge in [-0.3, -0.25) is 4.84 Å². The maximum atomic E-state index is 11.1. The van der Waals surface area contributed by atoms with Gasteiger partial charge in [-0.25, -0.2) is 15.6 Å². The van der Waals surface area contributed by atoms with E-state index in [4.69, 9.17) is 23.8 Å². The molecular weight excluding hydrogens is 532 g/mol. The highest BCUT2D eigenvalue weighted by molar-refractivity contribution is 5.12. The van der Waals surface area contributed by atoms with Gasteiger partial charge in [0.05, 0.1) is 19.8 Å². The van der Waals surface area contributed by atoms with Gasteiger partial charge in [-0.15, -0.1) is 0 Å². The van der Waals surface area contributed by atoms with Crippen molar-refractivity contribution in [1.82, 2.24) is 5.48 Å². The molecule has 1 aromatic rings. The van der Waals surface area contributed by atoms with Crippen LogP contribution in [0.5, 0.6) is 0 Å². The second kappa shape index (κ2) is 16.6. The highest BCUT2D eigenvalue weighted by atomic mass is 16.7. The van der Waals surface area contributed by atoms with Gasteiger partial charge in [0.1, 0.15) is 54.6 Å². The van der Waals surface area contributed by atoms with Crippen LogP contribution in [-0.2, 0) is 35.5 Å². The van der Waals surface area contributed by atoms with Gasteiger partial charge >= 0.3 is 0 Å². The summed E-state index contributed by atoms with van der Waals surface area (Å²) in [5.41, 5.74) is 4.03. The predicted octanol–water partition coefficient (Wildman–Crippen LogP) is -1.77. The van der Waals surface area contributed by atoms with Gasteiger partial charge in [0.25, 0.3) is 0 Å². The van der Waals surface area contributed by atoms with Gasteiger partial charge < -0.3 is 49.6 Å². The van der Waals surface area contributed by atoms with Crippen LogP contribution in [0.3, 0.4) is 0 Å². The van der Waals surface area contributed by atoms with Crippen molar-refractivity contribution in [3.05, 3.63) is 41.4 Å². The SMILES string of the molecule is Cc1c[nH+]cc(CONCCCO[C@H]2OC(CO)[C@@H](O[C@@H](O)C(O)[C@H](O)/C(=C\C[O])OC(C)(C)C)[C@@H](O)C2O)c1. The van der Waals surface area contributed by atoms with Crippen molar-refractivity contribution in [2.75, 3.05) is 26.4 Å². The molecule has 1 aliphatic heterocycles. The lowest BCUT2D eigenvalue weighted by molar-refractivity contribution is -0.379. The Morgan fingerprint density at radius 1 is 1.20 bits per heavy atom. The van der Waals surface area contributed by atoms with Gasteiger partial charge in [0.15, 0.2) is 25.0 Å². The summed E-state index contributed by atoms with van der Waals surface area (Å²) in [5.74, 6) is -0.265. The molecule has 0 aliphatic carbocycles. The predicted molar refractivity (Wildman–Crippen MR) is 136 cm³/mol. The summed E-state index contributed by atoms with van der Waals surface area (Å²) in [6.07, 6.45) is -8.16. The minimum Gasteiger partial charge on any atom is -0.490 e. The smallest absolute Gasteiger partial charge is 0.186 e. The van der Waals surface area contributed by atoms with E-state index in [2.05, 4.69) is 10.5 Å². The van der Waals surface area contributed by atoms with Crippen molar-refractivity contribution in [1.29, 1.82) is 0 Å². The standard InChI is InChI=1S/C26H43N2O12/c1-15-10-16(12-27-11-15)14-37-28-7-5-9-36-25-22(34)20(32)23(18(13-30)38-25)39-24(35)21(33)19(31)17(6-8-29)40-26(2,3)4/h6,10-12,18-25,28,30-35H,5,7-9,13-14H2,1-4H3/p+1/b17-6+/t18?,19-,20+,21?,22?,23-,24-,25+/m1/s1. The van der Waals surface area contributed by atoms with Gasteiger partial charge in [0, 0.05) is 17.7 Å². The minimum absolute atomic E-state index is 0.114. The fourth-order valence-corrected chi connectivity index (χ4v) is 3.87. The molecule has 229 valence electrons. The Kier molecular flexibility index (Phi) is 14.3. The van der Waals surface area contributed by atoms with Crippen LogP contribution in [-0.4, -0.2) is 112 Å². The zero-order valence-electron chi connectivity index (χ0n) is 23.3. The summed E-state index contributed by atoms with van der Waals surface area (Å²) in [4.78, 5) is 8.41. The number of hydroxylamine groups is 1. The molecule has 8 N–H and O–H groups in total. The Balaban J connectivity index is 1.83. The molecule has 0 spiro atoms. The molecule has 1 fully saturated rings. The first kappa shape index (κ1) is 34.4. The Bertz CT molecular complexity index is 897. The summed E-state index contributed by atoms with van der Waals surface area (Å²) < 4.78 is 21.8. The number of H-pyrrole nitrogens is 1. The van der Waals surface area contributed by atoms with E-state index in [1.807, 2.05) is 25.4 Å². The van der Waals surface area contributed by atoms with E-state index in [1.165, 1.54) is 0 Å². The number of aryl methyl sites for hydroxylation is 1. The van der Waals surface area contributed by atoms with Crippen molar-refractivity contribution < 1.29 is 64.5 Å². The van der Waals surface area contributed by atoms with E-state index < -0.39 is 68.0 Å². The Morgan fingerprint density at radius 2 is 1.93 bits per heavy atom. The van der Waals surface area contributed by atoms with Crippen LogP contribution in [0.4, 0.5) is 0 Å². The van der Waals surface area contributed by atoms with E-state index in [0.717, 1.165) is 17.2 Å². The fraction of sp³-hybridized carbons (Fsp3) is 0.731. The summed E-state index contributed by atoms with van der Waals surface area (Å²) in [6.45, 7) is 6.40. The van der Waals surface area contributed by atoms with Crippen LogP contribution in [0.15, 0.2) is 30.3 Å². The molecule has 8 atom stereocenters. The highest BCUT2D eigenvalue weighted by Crippen LogP contribution is 2.27. The third kappa shape index (κ3) is 10.9. The first-order valence-electron chi connectivity index (χ1n) is 13.1. The molecule has 2 rings (SSSR count). The third-order valence-corrected chi connectivity index (χ3v) is 5.77. The number of rotatable bonds is 16. The second-order valence-electron chi connectivity index (χ2n) is 10.4. The number of aromatic nitrogens is 1. The van der Waals surface area contributed by atoms with Crippen LogP contribution >= 0.6 is 0 Å². The molecule has 1 saturated heterocycles. The van der Waals surface area contributed by atoms with Crippen LogP contribution in [0.1, 0.15) is 38.3 Å². The molecule has 40 heavy (non-hydrogen) atoms. The van der Waals surface area contributed by atoms with Crippen LogP contribution in [0.2, 0.25) is 0 Å². The minimum atomic E-state index is -2.11. The lowest BCUT2D eigenvalue weighted by Crippen LogP contribution is -2.61. The largest absolute Gasteiger partial charge is 0.490 e. The Morgan fingerprint density at radius 3 is 2.55 bits per heavy atom. The normalized spacial score (nSPS) is 26.4. The van der Waals surface area contributed by atoms with E-state index in [0.29, 0.717) is 19.6 Å². The van der Waals surface area contributed by atoms with Gasteiger partial charge in [-0.2, -0.15) is 0 Å². The van der Waals surface area contributed by atoms with E-state index in [1.54, 1.807) is 20.8 Å². The molecular formula is C26H44N2O12+. The van der Waals surface area contributed by atoms with Crippen molar-refractivity contribution in [3.8, 4) is 0 Å². The molecule has 3 unspecified atom stereocenters. The van der Waals surface area contributed by atoms with E-state index in [-0.39, 0.29) is 12.4 Å². The molecule has 0 bridgehead atoms. The summed E-state index contributed by atoms with van der Waals surface area (Å²) >= 11 is 0. The average Bonchev–Trinajstić information content (AvgIpc) is 2.90. The van der Waals surface area contributed by atoms with Crippen molar-refractivity contribution in [2.24, 2.45) is 0 Å². The zero-order chi connectivity index (χ0) is 29.9. The number of hydrogen-bond acceptors (Lipinski definition) is 12. The quantitative estimate of drug-likeness (QED) is 0.0504. The van der Waals surface area contributed by atoms with Crippen LogP contribution < -0.4 is 10.5 Å². The molecule has 1 aliphatic rings. The summed E-state index contributed by atoms with van der Waals surface area (Å²) in [5, 5.41) is 73.2. The number of aliphatic hydroxyl groups is 6. The lowest BCUT2D eigenvalue weighted by Gasteiger charge is -2.43. The molecule has 1 aromatic heterocycles. The number of aliphatic hydroxyl groups excluding tert-OH is 6. The number of aromatic amines is 1. The molecule has 1 radical (unpaired) electrons. The topological polar surface area (TPSA) is 214 Å². The highest BCUT2D eigenvalue weighted by Gasteiger charge is 2.47. The number of pyridine rings is 1. The summed E-state index contributed by atoms with van der Waals surface area (Å²) in [6, 6.07) is 1.98. The zero-order valence-corrected chi connectivity index (χ0v) is 23.3. The van der Waals surface area contributed by atoms with E-state index >= 15 is 0 Å². The van der Waals surface area contributed by atoms with Gasteiger partial charge in [-0.05, 0) is 46.3 Å². The average molecular weight is 577 g/mol. The molecule has 2 heterocycles. The number of ether oxygens (including phenoxy) is 4. The molecule has 0 aromatic carbocycles. The first-order valence-corrected chi connectivity index (χ1v) is 13.1. The number of nitrogens with one attached hydrogen (secondary N) is 2. The van der Waals surface area contributed by atoms with Crippen molar-refractivity contribution in [2.45, 2.75) is 95.5 Å². The van der Waals surface area contributed by atoms with Crippen LogP contribution in [0.25, 0.3) is 0 Å². The molecule has 14 heteroatoms. The Hall–Kier alpha value is -1.79. The van der Waals surface area contributed by atoms with Crippen molar-refractivity contribution >= 4 is 0 Å². The monoisotopic (exact) mass is 576 g/mol.